The number of hydrogen-bond acceptors (Lipinski definition) is 5. The fraction of sp³-hybridized carbons (Fsp3) is 0.500. The summed E-state index contributed by atoms with van der Waals surface area (Å²) < 4.78 is 0.473. The summed E-state index contributed by atoms with van der Waals surface area (Å²) in [6, 6.07) is 0. The second-order valence-electron chi connectivity index (χ2n) is 2.37. The molecule has 1 rings (SSSR count). The molecule has 0 aliphatic carbocycles. The van der Waals surface area contributed by atoms with Crippen LogP contribution < -0.4 is 0 Å². The minimum Gasteiger partial charge on any atom is -0.395 e. The van der Waals surface area contributed by atoms with Gasteiger partial charge in [-0.1, -0.05) is 11.3 Å². The molecule has 0 fully saturated rings. The van der Waals surface area contributed by atoms with Crippen LogP contribution in [0.4, 0.5) is 0 Å². The van der Waals surface area contributed by atoms with E-state index in [1.807, 2.05) is 0 Å². The molecule has 1 heterocycles. The molecule has 0 spiro atoms. The van der Waals surface area contributed by atoms with Gasteiger partial charge in [-0.25, -0.2) is 0 Å². The third kappa shape index (κ3) is 2.58. The van der Waals surface area contributed by atoms with Crippen molar-refractivity contribution in [2.75, 3.05) is 20.2 Å². The molecule has 0 aromatic carbocycles. The summed E-state index contributed by atoms with van der Waals surface area (Å²) in [6.07, 6.45) is 0. The maximum Gasteiger partial charge on any atom is 0.284 e. The number of nitrogens with one attached hydrogen (secondary N) is 1. The molecule has 1 amide bonds. The van der Waals surface area contributed by atoms with Gasteiger partial charge in [-0.15, -0.1) is 0 Å². The zero-order valence-electron chi connectivity index (χ0n) is 6.98. The van der Waals surface area contributed by atoms with E-state index in [4.69, 9.17) is 17.3 Å². The van der Waals surface area contributed by atoms with Crippen LogP contribution in [-0.2, 0) is 0 Å². The third-order valence-corrected chi connectivity index (χ3v) is 2.48. The van der Waals surface area contributed by atoms with Crippen molar-refractivity contribution in [3.05, 3.63) is 8.96 Å². The molecule has 1 aromatic rings. The van der Waals surface area contributed by atoms with Crippen LogP contribution in [0, 0.1) is 3.95 Å². The molecule has 0 saturated heterocycles. The molecule has 13 heavy (non-hydrogen) atoms. The lowest BCUT2D eigenvalue weighted by atomic mass is 10.5. The van der Waals surface area contributed by atoms with E-state index in [0.717, 1.165) is 11.3 Å². The molecule has 0 bridgehead atoms. The van der Waals surface area contributed by atoms with Crippen LogP contribution in [0.15, 0.2) is 0 Å². The molecule has 0 aliphatic heterocycles. The summed E-state index contributed by atoms with van der Waals surface area (Å²) >= 11 is 5.91. The average molecular weight is 219 g/mol. The lowest BCUT2D eigenvalue weighted by Crippen LogP contribution is -2.29. The predicted molar refractivity (Wildman–Crippen MR) is 51.3 cm³/mol. The molecule has 0 atom stereocenters. The van der Waals surface area contributed by atoms with E-state index in [2.05, 4.69) is 10.2 Å². The number of aromatic nitrogens is 2. The molecule has 5 nitrogen and oxygen atoms in total. The Kier molecular flexibility index (Phi) is 3.52. The Morgan fingerprint density at radius 3 is 3.00 bits per heavy atom. The van der Waals surface area contributed by atoms with Gasteiger partial charge in [0.05, 0.1) is 6.61 Å². The van der Waals surface area contributed by atoms with Gasteiger partial charge in [-0.2, -0.15) is 5.10 Å². The molecule has 72 valence electrons. The van der Waals surface area contributed by atoms with E-state index in [0.29, 0.717) is 15.5 Å². The first-order chi connectivity index (χ1) is 6.15. The smallest absolute Gasteiger partial charge is 0.284 e. The van der Waals surface area contributed by atoms with Crippen LogP contribution in [0.25, 0.3) is 0 Å². The second-order valence-corrected chi connectivity index (χ2v) is 4.03. The van der Waals surface area contributed by atoms with E-state index >= 15 is 0 Å². The van der Waals surface area contributed by atoms with Gasteiger partial charge in [0.1, 0.15) is 0 Å². The van der Waals surface area contributed by atoms with E-state index in [-0.39, 0.29) is 12.5 Å². The number of carbonyl (C=O) groups excluding carboxylic acids is 1. The third-order valence-electron chi connectivity index (χ3n) is 1.40. The van der Waals surface area contributed by atoms with Gasteiger partial charge in [-0.3, -0.25) is 9.89 Å². The molecule has 0 radical (unpaired) electrons. The Morgan fingerprint density at radius 2 is 2.54 bits per heavy atom. The number of amides is 1. The molecular formula is C6H9N3O2S2. The first kappa shape index (κ1) is 10.3. The van der Waals surface area contributed by atoms with Crippen molar-refractivity contribution in [2.24, 2.45) is 0 Å². The Labute approximate surface area is 84.0 Å². The highest BCUT2D eigenvalue weighted by molar-refractivity contribution is 7.73. The van der Waals surface area contributed by atoms with Crippen LogP contribution in [0.2, 0.25) is 0 Å². The summed E-state index contributed by atoms with van der Waals surface area (Å²) in [5.41, 5.74) is 0. The number of likely N-dealkylation sites (N-methyl/N-ethyl adjacent to an activating group) is 1. The molecule has 0 aliphatic rings. The van der Waals surface area contributed by atoms with Crippen LogP contribution in [-0.4, -0.2) is 46.3 Å². The Bertz CT molecular complexity index is 346. The summed E-state index contributed by atoms with van der Waals surface area (Å²) in [6.45, 7) is 0.239. The lowest BCUT2D eigenvalue weighted by Gasteiger charge is -2.12. The van der Waals surface area contributed by atoms with E-state index < -0.39 is 0 Å². The molecule has 0 unspecified atom stereocenters. The van der Waals surface area contributed by atoms with Crippen molar-refractivity contribution in [1.29, 1.82) is 0 Å². The summed E-state index contributed by atoms with van der Waals surface area (Å²) in [7, 11) is 1.60. The average Bonchev–Trinajstić information content (AvgIpc) is 2.51. The summed E-state index contributed by atoms with van der Waals surface area (Å²) in [5, 5.41) is 15.2. The number of aliphatic hydroxyl groups excluding tert-OH is 1. The highest BCUT2D eigenvalue weighted by Crippen LogP contribution is 2.06. The van der Waals surface area contributed by atoms with Crippen molar-refractivity contribution in [3.8, 4) is 0 Å². The van der Waals surface area contributed by atoms with Gasteiger partial charge >= 0.3 is 0 Å². The van der Waals surface area contributed by atoms with Crippen LogP contribution >= 0.6 is 23.6 Å². The minimum atomic E-state index is -0.230. The SMILES string of the molecule is CN(CCO)C(=O)c1n[nH]c(=S)s1. The van der Waals surface area contributed by atoms with E-state index in [1.54, 1.807) is 7.05 Å². The highest BCUT2D eigenvalue weighted by Gasteiger charge is 2.14. The van der Waals surface area contributed by atoms with Crippen molar-refractivity contribution >= 4 is 29.5 Å². The Balaban J connectivity index is 2.73. The zero-order chi connectivity index (χ0) is 9.84. The van der Waals surface area contributed by atoms with Gasteiger partial charge in [0, 0.05) is 13.6 Å². The number of rotatable bonds is 3. The molecule has 7 heteroatoms. The fourth-order valence-electron chi connectivity index (χ4n) is 0.736. The van der Waals surface area contributed by atoms with Crippen LogP contribution in [0.3, 0.4) is 0 Å². The second kappa shape index (κ2) is 4.45. The summed E-state index contributed by atoms with van der Waals surface area (Å²) in [5.74, 6) is -0.230. The fourth-order valence-corrected chi connectivity index (χ4v) is 1.62. The van der Waals surface area contributed by atoms with Gasteiger partial charge < -0.3 is 10.0 Å². The minimum absolute atomic E-state index is 0.0575. The highest BCUT2D eigenvalue weighted by atomic mass is 32.1. The molecule has 1 aromatic heterocycles. The van der Waals surface area contributed by atoms with Crippen LogP contribution in [0.1, 0.15) is 9.80 Å². The normalized spacial score (nSPS) is 10.0. The van der Waals surface area contributed by atoms with Crippen molar-refractivity contribution in [2.45, 2.75) is 0 Å². The van der Waals surface area contributed by atoms with Gasteiger partial charge in [0.25, 0.3) is 5.91 Å². The number of nitrogens with zero attached hydrogens (tertiary/aromatic N) is 2. The maximum atomic E-state index is 11.4. The number of aromatic amines is 1. The molecule has 2 N–H and O–H groups in total. The first-order valence-corrected chi connectivity index (χ1v) is 4.79. The standard InChI is InChI=1S/C6H9N3O2S2/c1-9(2-3-10)5(11)4-7-8-6(12)13-4/h10H,2-3H2,1H3,(H,8,12). The number of hydrogen-bond donors (Lipinski definition) is 2. The first-order valence-electron chi connectivity index (χ1n) is 3.57. The summed E-state index contributed by atoms with van der Waals surface area (Å²) in [4.78, 5) is 12.8. The van der Waals surface area contributed by atoms with Crippen molar-refractivity contribution in [3.63, 3.8) is 0 Å². The zero-order valence-corrected chi connectivity index (χ0v) is 8.61. The quantitative estimate of drug-likeness (QED) is 0.716. The Hall–Kier alpha value is -0.790. The molecular weight excluding hydrogens is 210 g/mol. The van der Waals surface area contributed by atoms with E-state index in [9.17, 15) is 4.79 Å². The van der Waals surface area contributed by atoms with Gasteiger partial charge in [0.2, 0.25) is 5.01 Å². The lowest BCUT2D eigenvalue weighted by molar-refractivity contribution is 0.0765. The topological polar surface area (TPSA) is 69.2 Å². The largest absolute Gasteiger partial charge is 0.395 e. The Morgan fingerprint density at radius 1 is 1.85 bits per heavy atom. The molecule has 0 saturated carbocycles. The number of carbonyl (C=O) groups is 1. The maximum absolute atomic E-state index is 11.4. The van der Waals surface area contributed by atoms with Gasteiger partial charge in [-0.05, 0) is 12.2 Å². The van der Waals surface area contributed by atoms with Crippen molar-refractivity contribution < 1.29 is 9.90 Å². The number of H-pyrrole nitrogens is 1. The van der Waals surface area contributed by atoms with E-state index in [1.165, 1.54) is 4.90 Å². The van der Waals surface area contributed by atoms with Crippen molar-refractivity contribution in [1.82, 2.24) is 15.1 Å². The monoisotopic (exact) mass is 219 g/mol. The predicted octanol–water partition coefficient (Wildman–Crippen LogP) is 0.265. The van der Waals surface area contributed by atoms with Crippen LogP contribution in [0.5, 0.6) is 0 Å². The number of aliphatic hydroxyl groups is 1. The van der Waals surface area contributed by atoms with Gasteiger partial charge in [0.15, 0.2) is 3.95 Å².